The summed E-state index contributed by atoms with van der Waals surface area (Å²) in [6, 6.07) is 13.6. The molecule has 3 unspecified atom stereocenters. The quantitative estimate of drug-likeness (QED) is 0.0947. The number of para-hydroxylation sites is 1. The van der Waals surface area contributed by atoms with Crippen LogP contribution in [0.25, 0.3) is 10.9 Å². The molecule has 0 bridgehead atoms. The molecule has 3 amide bonds. The third-order valence-corrected chi connectivity index (χ3v) is 7.91. The lowest BCUT2D eigenvalue weighted by molar-refractivity contribution is -0.133. The van der Waals surface area contributed by atoms with Crippen molar-refractivity contribution >= 4 is 40.5 Å². The number of nitrogens with one attached hydrogen (secondary N) is 5. The minimum atomic E-state index is -1.11. The summed E-state index contributed by atoms with van der Waals surface area (Å²) >= 11 is 0. The van der Waals surface area contributed by atoms with Crippen LogP contribution in [0.2, 0.25) is 0 Å². The van der Waals surface area contributed by atoms with E-state index in [9.17, 15) is 24.0 Å². The van der Waals surface area contributed by atoms with Gasteiger partial charge in [0.25, 0.3) is 0 Å². The summed E-state index contributed by atoms with van der Waals surface area (Å²) in [6.07, 6.45) is 4.97. The Bertz CT molecular complexity index is 1610. The van der Waals surface area contributed by atoms with E-state index in [4.69, 9.17) is 4.74 Å². The first-order valence-corrected chi connectivity index (χ1v) is 17.1. The Kier molecular flexibility index (Phi) is 15.4. The maximum absolute atomic E-state index is 14.1. The minimum Gasteiger partial charge on any atom is -0.443 e. The van der Waals surface area contributed by atoms with Gasteiger partial charge in [-0.15, -0.1) is 6.58 Å². The monoisotopic (exact) mass is 688 g/mol. The van der Waals surface area contributed by atoms with Crippen LogP contribution in [0.1, 0.15) is 58.1 Å². The molecule has 12 heteroatoms. The molecule has 0 fully saturated rings. The largest absolute Gasteiger partial charge is 0.443 e. The smallest absolute Gasteiger partial charge is 0.419 e. The van der Waals surface area contributed by atoms with Gasteiger partial charge in [0.15, 0.2) is 5.78 Å². The molecule has 50 heavy (non-hydrogen) atoms. The molecular weight excluding hydrogens is 636 g/mol. The number of ketones is 1. The number of amides is 3. The van der Waals surface area contributed by atoms with Crippen LogP contribution in [0.5, 0.6) is 0 Å². The van der Waals surface area contributed by atoms with E-state index in [0.717, 1.165) is 18.5 Å². The molecule has 0 aliphatic carbocycles. The predicted molar refractivity (Wildman–Crippen MR) is 195 cm³/mol. The van der Waals surface area contributed by atoms with Gasteiger partial charge in [-0.25, -0.2) is 4.79 Å². The lowest BCUT2D eigenvalue weighted by Gasteiger charge is -2.25. The van der Waals surface area contributed by atoms with Gasteiger partial charge in [-0.1, -0.05) is 54.6 Å². The number of Topliss-reactive ketones (excluding diaryl/α,β-unsaturated/α-hetero) is 1. The molecule has 1 aromatic heterocycles. The standard InChI is InChI=1S/C38H52N6O6/c1-7-20-40-21-14-13-18-30(26(2)45)42-35(47)31(22-27-15-9-8-10-16-27)43-36(48)32(41-34(46)24-39-6)23-28-25-44(37(49)50-38(3,4)5)33-19-12-11-17-29(28)33/h7-12,15-17,19,25,30-32,39-40H,1,13-14,18,20-24H2,2-6H3,(H,41,46)(H,42,47)(H,43,48). The fraction of sp³-hybridized carbons (Fsp3) is 0.447. The van der Waals surface area contributed by atoms with Crippen LogP contribution in [0.15, 0.2) is 73.4 Å². The van der Waals surface area contributed by atoms with Crippen LogP contribution in [-0.2, 0) is 36.8 Å². The Labute approximate surface area is 294 Å². The van der Waals surface area contributed by atoms with Gasteiger partial charge in [0.05, 0.1) is 18.1 Å². The highest BCUT2D eigenvalue weighted by Crippen LogP contribution is 2.24. The molecule has 2 aromatic carbocycles. The molecule has 3 rings (SSSR count). The third kappa shape index (κ3) is 12.6. The maximum atomic E-state index is 14.1. The molecule has 0 saturated carbocycles. The molecule has 1 heterocycles. The number of nitrogens with zero attached hydrogens (tertiary/aromatic N) is 1. The van der Waals surface area contributed by atoms with E-state index < -0.39 is 47.5 Å². The van der Waals surface area contributed by atoms with Crippen molar-refractivity contribution in [1.82, 2.24) is 31.2 Å². The Morgan fingerprint density at radius 1 is 0.860 bits per heavy atom. The number of hydrogen-bond acceptors (Lipinski definition) is 8. The van der Waals surface area contributed by atoms with Gasteiger partial charge in [-0.3, -0.25) is 23.7 Å². The van der Waals surface area contributed by atoms with Gasteiger partial charge in [0, 0.05) is 31.0 Å². The van der Waals surface area contributed by atoms with E-state index in [1.165, 1.54) is 11.5 Å². The van der Waals surface area contributed by atoms with Crippen LogP contribution >= 0.6 is 0 Å². The fourth-order valence-electron chi connectivity index (χ4n) is 5.49. The summed E-state index contributed by atoms with van der Waals surface area (Å²) in [4.78, 5) is 66.4. The molecule has 0 radical (unpaired) electrons. The van der Waals surface area contributed by atoms with E-state index in [-0.39, 0.29) is 25.2 Å². The Hall–Kier alpha value is -4.81. The average molecular weight is 689 g/mol. The second-order valence-electron chi connectivity index (χ2n) is 13.3. The van der Waals surface area contributed by atoms with Crippen molar-refractivity contribution in [1.29, 1.82) is 0 Å². The number of rotatable bonds is 19. The highest BCUT2D eigenvalue weighted by Gasteiger charge is 2.30. The topological polar surface area (TPSA) is 160 Å². The molecular formula is C38H52N6O6. The van der Waals surface area contributed by atoms with Crippen molar-refractivity contribution in [3.63, 3.8) is 0 Å². The van der Waals surface area contributed by atoms with E-state index in [0.29, 0.717) is 35.9 Å². The molecule has 0 spiro atoms. The van der Waals surface area contributed by atoms with Gasteiger partial charge in [-0.05, 0) is 77.7 Å². The summed E-state index contributed by atoms with van der Waals surface area (Å²) in [7, 11) is 1.62. The first kappa shape index (κ1) is 39.6. The zero-order valence-corrected chi connectivity index (χ0v) is 29.8. The van der Waals surface area contributed by atoms with Crippen molar-refractivity contribution < 1.29 is 28.7 Å². The first-order chi connectivity index (χ1) is 23.8. The number of fused-ring (bicyclic) bond motifs is 1. The van der Waals surface area contributed by atoms with Crippen LogP contribution in [-0.4, -0.2) is 84.6 Å². The van der Waals surface area contributed by atoms with Crippen molar-refractivity contribution in [2.24, 2.45) is 0 Å². The molecule has 3 atom stereocenters. The normalized spacial score (nSPS) is 13.1. The van der Waals surface area contributed by atoms with Gasteiger partial charge < -0.3 is 31.3 Å². The van der Waals surface area contributed by atoms with E-state index in [2.05, 4.69) is 33.2 Å². The van der Waals surface area contributed by atoms with Crippen molar-refractivity contribution in [2.45, 2.75) is 83.5 Å². The summed E-state index contributed by atoms with van der Waals surface area (Å²) in [5, 5.41) is 15.2. The zero-order valence-electron chi connectivity index (χ0n) is 29.8. The van der Waals surface area contributed by atoms with Crippen LogP contribution in [0.4, 0.5) is 4.79 Å². The molecule has 5 N–H and O–H groups in total. The third-order valence-electron chi connectivity index (χ3n) is 7.91. The lowest BCUT2D eigenvalue weighted by atomic mass is 10.0. The van der Waals surface area contributed by atoms with Crippen LogP contribution in [0.3, 0.4) is 0 Å². The number of carbonyl (C=O) groups is 5. The Balaban J connectivity index is 1.89. The van der Waals surface area contributed by atoms with E-state index >= 15 is 0 Å². The maximum Gasteiger partial charge on any atom is 0.419 e. The van der Waals surface area contributed by atoms with Crippen LogP contribution in [0, 0.1) is 0 Å². The highest BCUT2D eigenvalue weighted by molar-refractivity contribution is 5.96. The summed E-state index contributed by atoms with van der Waals surface area (Å²) < 4.78 is 7.01. The number of ether oxygens (including phenoxy) is 1. The Morgan fingerprint density at radius 2 is 1.50 bits per heavy atom. The first-order valence-electron chi connectivity index (χ1n) is 17.1. The molecule has 12 nitrogen and oxygen atoms in total. The summed E-state index contributed by atoms with van der Waals surface area (Å²) in [5.74, 6) is -1.70. The molecule has 3 aromatic rings. The highest BCUT2D eigenvalue weighted by atomic mass is 16.6. The fourth-order valence-corrected chi connectivity index (χ4v) is 5.49. The lowest BCUT2D eigenvalue weighted by Crippen LogP contribution is -2.57. The Morgan fingerprint density at radius 3 is 2.14 bits per heavy atom. The van der Waals surface area contributed by atoms with Crippen molar-refractivity contribution in [3.8, 4) is 0 Å². The van der Waals surface area contributed by atoms with E-state index in [1.54, 1.807) is 52.2 Å². The average Bonchev–Trinajstić information content (AvgIpc) is 3.43. The van der Waals surface area contributed by atoms with Crippen molar-refractivity contribution in [2.75, 3.05) is 26.7 Å². The molecule has 270 valence electrons. The number of likely N-dealkylation sites (N-methyl/N-ethyl adjacent to an activating group) is 1. The van der Waals surface area contributed by atoms with Crippen LogP contribution < -0.4 is 26.6 Å². The number of unbranched alkanes of at least 4 members (excludes halogenated alkanes) is 1. The summed E-state index contributed by atoms with van der Waals surface area (Å²) in [5.41, 5.74) is 1.28. The van der Waals surface area contributed by atoms with Crippen molar-refractivity contribution in [3.05, 3.63) is 84.6 Å². The summed E-state index contributed by atoms with van der Waals surface area (Å²) in [6.45, 7) is 11.9. The van der Waals surface area contributed by atoms with Gasteiger partial charge in [0.1, 0.15) is 17.7 Å². The number of carbonyl (C=O) groups excluding carboxylic acids is 5. The zero-order chi connectivity index (χ0) is 36.7. The van der Waals surface area contributed by atoms with Gasteiger partial charge in [-0.2, -0.15) is 0 Å². The van der Waals surface area contributed by atoms with Gasteiger partial charge in [0.2, 0.25) is 17.7 Å². The molecule has 0 saturated heterocycles. The van der Waals surface area contributed by atoms with E-state index in [1.807, 2.05) is 42.5 Å². The minimum absolute atomic E-state index is 0.0211. The predicted octanol–water partition coefficient (Wildman–Crippen LogP) is 3.42. The molecule has 0 aliphatic rings. The second kappa shape index (κ2) is 19.4. The molecule has 0 aliphatic heterocycles. The second-order valence-corrected chi connectivity index (χ2v) is 13.3. The van der Waals surface area contributed by atoms with Gasteiger partial charge >= 0.3 is 6.09 Å². The number of aromatic nitrogens is 1. The number of hydrogen-bond donors (Lipinski definition) is 5. The number of benzene rings is 2. The SMILES string of the molecule is C=CCNCCCCC(NC(=O)C(Cc1ccccc1)NC(=O)C(Cc1cn(C(=O)OC(C)(C)C)c2ccccc12)NC(=O)CNC)C(C)=O.